The van der Waals surface area contributed by atoms with Gasteiger partial charge in [-0.25, -0.2) is 4.98 Å². The van der Waals surface area contributed by atoms with Gasteiger partial charge in [-0.15, -0.1) is 11.3 Å². The number of nitrogens with one attached hydrogen (secondary N) is 1. The Kier molecular flexibility index (Phi) is 4.61. The Hall–Kier alpha value is -1.33. The third-order valence-corrected chi connectivity index (χ3v) is 4.27. The predicted molar refractivity (Wildman–Crippen MR) is 79.9 cm³/mol. The van der Waals surface area contributed by atoms with Crippen molar-refractivity contribution in [3.05, 3.63) is 34.3 Å². The maximum Gasteiger partial charge on any atom is 0.203 e. The highest BCUT2D eigenvalue weighted by molar-refractivity contribution is 7.12. The highest BCUT2D eigenvalue weighted by atomic mass is 32.1. The van der Waals surface area contributed by atoms with E-state index in [1.165, 1.54) is 9.75 Å². The molecular formula is C14H21N3OS. The lowest BCUT2D eigenvalue weighted by Crippen LogP contribution is -2.16. The molecule has 4 nitrogen and oxygen atoms in total. The Morgan fingerprint density at radius 1 is 1.42 bits per heavy atom. The summed E-state index contributed by atoms with van der Waals surface area (Å²) in [6.45, 7) is 7.08. The number of aryl methyl sites for hydroxylation is 1. The second-order valence-corrected chi connectivity index (χ2v) is 6.10. The fourth-order valence-electron chi connectivity index (χ4n) is 2.05. The Balaban J connectivity index is 2.09. The molecule has 104 valence electrons. The van der Waals surface area contributed by atoms with Gasteiger partial charge < -0.3 is 14.6 Å². The number of hydrogen-bond acceptors (Lipinski definition) is 4. The van der Waals surface area contributed by atoms with Crippen molar-refractivity contribution in [2.24, 2.45) is 0 Å². The van der Waals surface area contributed by atoms with Gasteiger partial charge in [0.05, 0.1) is 18.7 Å². The van der Waals surface area contributed by atoms with E-state index in [9.17, 15) is 0 Å². The van der Waals surface area contributed by atoms with E-state index in [-0.39, 0.29) is 12.1 Å². The van der Waals surface area contributed by atoms with Crippen LogP contribution in [0.1, 0.15) is 35.7 Å². The molecule has 0 aromatic carbocycles. The maximum atomic E-state index is 5.20. The molecule has 0 saturated carbocycles. The molecule has 2 heterocycles. The van der Waals surface area contributed by atoms with E-state index in [1.807, 2.05) is 23.7 Å². The zero-order chi connectivity index (χ0) is 13.8. The molecule has 0 aliphatic heterocycles. The van der Waals surface area contributed by atoms with Crippen LogP contribution in [-0.2, 0) is 4.74 Å². The first kappa shape index (κ1) is 14.1. The minimum absolute atomic E-state index is 0.259. The van der Waals surface area contributed by atoms with E-state index in [0.29, 0.717) is 6.61 Å². The third-order valence-electron chi connectivity index (χ3n) is 3.08. The zero-order valence-electron chi connectivity index (χ0n) is 11.9. The molecule has 2 rings (SSSR count). The highest BCUT2D eigenvalue weighted by Gasteiger charge is 2.13. The van der Waals surface area contributed by atoms with Crippen LogP contribution in [0.2, 0.25) is 0 Å². The fourth-order valence-corrected chi connectivity index (χ4v) is 2.93. The number of ether oxygens (including phenoxy) is 1. The smallest absolute Gasteiger partial charge is 0.203 e. The lowest BCUT2D eigenvalue weighted by molar-refractivity contribution is 0.163. The van der Waals surface area contributed by atoms with Crippen LogP contribution in [0, 0.1) is 6.92 Å². The summed E-state index contributed by atoms with van der Waals surface area (Å²) in [5.41, 5.74) is 0. The van der Waals surface area contributed by atoms with Crippen molar-refractivity contribution in [3.63, 3.8) is 0 Å². The van der Waals surface area contributed by atoms with Gasteiger partial charge in [-0.3, -0.25) is 0 Å². The standard InChI is InChI=1S/C14H21N3OS/c1-10(9-18-4)17-8-7-15-14(17)16-12(3)13-6-5-11(2)19-13/h5-8,10,12H,9H2,1-4H3,(H,15,16). The van der Waals surface area contributed by atoms with Gasteiger partial charge in [0.2, 0.25) is 5.95 Å². The predicted octanol–water partition coefficient (Wildman–Crippen LogP) is 3.63. The molecule has 2 atom stereocenters. The monoisotopic (exact) mass is 279 g/mol. The largest absolute Gasteiger partial charge is 0.383 e. The summed E-state index contributed by atoms with van der Waals surface area (Å²) in [5, 5.41) is 3.47. The molecule has 5 heteroatoms. The molecule has 1 N–H and O–H groups in total. The Morgan fingerprint density at radius 2 is 2.21 bits per heavy atom. The van der Waals surface area contributed by atoms with E-state index >= 15 is 0 Å². The molecule has 0 amide bonds. The number of imidazole rings is 1. The van der Waals surface area contributed by atoms with E-state index in [0.717, 1.165) is 5.95 Å². The molecule has 2 aromatic heterocycles. The molecule has 0 saturated heterocycles. The van der Waals surface area contributed by atoms with E-state index in [1.54, 1.807) is 7.11 Å². The van der Waals surface area contributed by atoms with Crippen molar-refractivity contribution in [1.82, 2.24) is 9.55 Å². The Labute approximate surface area is 118 Å². The number of anilines is 1. The van der Waals surface area contributed by atoms with Crippen molar-refractivity contribution in [2.75, 3.05) is 19.0 Å². The normalized spacial score (nSPS) is 14.3. The van der Waals surface area contributed by atoms with E-state index in [2.05, 4.69) is 47.8 Å². The van der Waals surface area contributed by atoms with Crippen LogP contribution in [0.3, 0.4) is 0 Å². The Bertz CT molecular complexity index is 520. The van der Waals surface area contributed by atoms with Crippen LogP contribution in [0.5, 0.6) is 0 Å². The van der Waals surface area contributed by atoms with Gasteiger partial charge in [-0.2, -0.15) is 0 Å². The molecule has 0 fully saturated rings. The lowest BCUT2D eigenvalue weighted by atomic mass is 10.3. The van der Waals surface area contributed by atoms with Crippen LogP contribution < -0.4 is 5.32 Å². The highest BCUT2D eigenvalue weighted by Crippen LogP contribution is 2.26. The van der Waals surface area contributed by atoms with Gasteiger partial charge >= 0.3 is 0 Å². The molecule has 19 heavy (non-hydrogen) atoms. The minimum atomic E-state index is 0.259. The van der Waals surface area contributed by atoms with Crippen LogP contribution in [0.15, 0.2) is 24.5 Å². The molecule has 2 unspecified atom stereocenters. The Morgan fingerprint density at radius 3 is 2.84 bits per heavy atom. The third kappa shape index (κ3) is 3.36. The summed E-state index contributed by atoms with van der Waals surface area (Å²) in [7, 11) is 1.72. The summed E-state index contributed by atoms with van der Waals surface area (Å²) in [5.74, 6) is 0.892. The van der Waals surface area contributed by atoms with Gasteiger partial charge in [0.15, 0.2) is 0 Å². The molecule has 0 spiro atoms. The van der Waals surface area contributed by atoms with Crippen LogP contribution in [0.25, 0.3) is 0 Å². The lowest BCUT2D eigenvalue weighted by Gasteiger charge is -2.19. The maximum absolute atomic E-state index is 5.20. The SMILES string of the molecule is COCC(C)n1ccnc1NC(C)c1ccc(C)s1. The molecular weight excluding hydrogens is 258 g/mol. The number of aromatic nitrogens is 2. The first-order valence-corrected chi connectivity index (χ1v) is 7.28. The molecule has 0 bridgehead atoms. The van der Waals surface area contributed by atoms with Crippen molar-refractivity contribution < 1.29 is 4.74 Å². The summed E-state index contributed by atoms with van der Waals surface area (Å²) in [6.07, 6.45) is 3.80. The summed E-state index contributed by atoms with van der Waals surface area (Å²) in [4.78, 5) is 7.05. The van der Waals surface area contributed by atoms with Crippen molar-refractivity contribution in [2.45, 2.75) is 32.9 Å². The second kappa shape index (κ2) is 6.21. The van der Waals surface area contributed by atoms with Crippen LogP contribution in [-0.4, -0.2) is 23.3 Å². The summed E-state index contributed by atoms with van der Waals surface area (Å²) in [6, 6.07) is 4.85. The second-order valence-electron chi connectivity index (χ2n) is 4.78. The first-order chi connectivity index (χ1) is 9.11. The van der Waals surface area contributed by atoms with Crippen molar-refractivity contribution in [3.8, 4) is 0 Å². The van der Waals surface area contributed by atoms with Gasteiger partial charge in [0, 0.05) is 29.3 Å². The van der Waals surface area contributed by atoms with Crippen molar-refractivity contribution >= 4 is 17.3 Å². The number of methoxy groups -OCH3 is 1. The average Bonchev–Trinajstić information content (AvgIpc) is 2.98. The van der Waals surface area contributed by atoms with Crippen LogP contribution >= 0.6 is 11.3 Å². The molecule has 2 aromatic rings. The van der Waals surface area contributed by atoms with Gasteiger partial charge in [-0.1, -0.05) is 0 Å². The minimum Gasteiger partial charge on any atom is -0.383 e. The quantitative estimate of drug-likeness (QED) is 0.877. The van der Waals surface area contributed by atoms with Gasteiger partial charge in [0.1, 0.15) is 0 Å². The van der Waals surface area contributed by atoms with Gasteiger partial charge in [0.25, 0.3) is 0 Å². The molecule has 0 radical (unpaired) electrons. The van der Waals surface area contributed by atoms with E-state index < -0.39 is 0 Å². The number of nitrogens with zero attached hydrogens (tertiary/aromatic N) is 2. The van der Waals surface area contributed by atoms with Crippen molar-refractivity contribution in [1.29, 1.82) is 0 Å². The van der Waals surface area contributed by atoms with Crippen LogP contribution in [0.4, 0.5) is 5.95 Å². The zero-order valence-corrected chi connectivity index (χ0v) is 12.7. The molecule has 0 aliphatic carbocycles. The number of hydrogen-bond donors (Lipinski definition) is 1. The fraction of sp³-hybridized carbons (Fsp3) is 0.500. The average molecular weight is 279 g/mol. The topological polar surface area (TPSA) is 39.1 Å². The number of thiophene rings is 1. The summed E-state index contributed by atoms with van der Waals surface area (Å²) < 4.78 is 7.31. The first-order valence-electron chi connectivity index (χ1n) is 6.46. The van der Waals surface area contributed by atoms with Gasteiger partial charge in [-0.05, 0) is 32.9 Å². The molecule has 0 aliphatic rings. The summed E-state index contributed by atoms with van der Waals surface area (Å²) >= 11 is 1.82. The van der Waals surface area contributed by atoms with E-state index in [4.69, 9.17) is 4.74 Å². The number of rotatable bonds is 6.